The molecule has 1 aromatic carbocycles. The predicted octanol–water partition coefficient (Wildman–Crippen LogP) is 2.14. The quantitative estimate of drug-likeness (QED) is 0.903. The highest BCUT2D eigenvalue weighted by atomic mass is 79.9. The first-order chi connectivity index (χ1) is 8.54. The lowest BCUT2D eigenvalue weighted by molar-refractivity contribution is 0.0949. The molecule has 0 aliphatic rings. The molecule has 1 N–H and O–H groups in total. The van der Waals surface area contributed by atoms with Crippen molar-refractivity contribution in [2.45, 2.75) is 18.6 Å². The molecule has 0 aromatic heterocycles. The van der Waals surface area contributed by atoms with Gasteiger partial charge >= 0.3 is 0 Å². The van der Waals surface area contributed by atoms with Crippen molar-refractivity contribution >= 4 is 31.7 Å². The molecule has 0 atom stereocenters. The Hall–Kier alpha value is -0.950. The van der Waals surface area contributed by atoms with Gasteiger partial charge in [0.05, 0.1) is 10.3 Å². The van der Waals surface area contributed by atoms with Crippen molar-refractivity contribution in [3.05, 3.63) is 34.1 Å². The van der Waals surface area contributed by atoms with E-state index >= 15 is 0 Å². The summed E-state index contributed by atoms with van der Waals surface area (Å²) in [6, 6.07) is 3.68. The average molecular weight is 352 g/mol. The fraction of sp³-hybridized carbons (Fsp3) is 0.417. The summed E-state index contributed by atoms with van der Waals surface area (Å²) >= 11 is 3.09. The van der Waals surface area contributed by atoms with Crippen LogP contribution in [0, 0.1) is 5.82 Å². The van der Waals surface area contributed by atoms with Crippen LogP contribution >= 0.6 is 15.9 Å². The van der Waals surface area contributed by atoms with Crippen molar-refractivity contribution in [3.8, 4) is 0 Å². The SMILES string of the molecule is CC(C)(CNC(=O)c1ccc(F)cc1Br)S(C)(=O)=O. The molecule has 4 nitrogen and oxygen atoms in total. The van der Waals surface area contributed by atoms with Gasteiger partial charge in [0, 0.05) is 17.3 Å². The summed E-state index contributed by atoms with van der Waals surface area (Å²) < 4.78 is 35.2. The zero-order chi connectivity index (χ0) is 14.8. The van der Waals surface area contributed by atoms with E-state index in [1.165, 1.54) is 32.0 Å². The summed E-state index contributed by atoms with van der Waals surface area (Å²) in [4.78, 5) is 11.9. The molecular formula is C12H15BrFNO3S. The number of rotatable bonds is 4. The molecule has 0 aliphatic carbocycles. The van der Waals surface area contributed by atoms with Gasteiger partial charge in [0.15, 0.2) is 9.84 Å². The lowest BCUT2D eigenvalue weighted by Gasteiger charge is -2.22. The van der Waals surface area contributed by atoms with Crippen LogP contribution in [0.25, 0.3) is 0 Å². The van der Waals surface area contributed by atoms with Crippen molar-refractivity contribution in [2.24, 2.45) is 0 Å². The van der Waals surface area contributed by atoms with Gasteiger partial charge in [0.25, 0.3) is 5.91 Å². The Balaban J connectivity index is 2.82. The van der Waals surface area contributed by atoms with Gasteiger partial charge in [0.1, 0.15) is 5.82 Å². The van der Waals surface area contributed by atoms with E-state index in [0.717, 1.165) is 6.26 Å². The van der Waals surface area contributed by atoms with Crippen molar-refractivity contribution < 1.29 is 17.6 Å². The number of benzene rings is 1. The Labute approximate surface area is 120 Å². The monoisotopic (exact) mass is 351 g/mol. The van der Waals surface area contributed by atoms with E-state index in [9.17, 15) is 17.6 Å². The molecular weight excluding hydrogens is 337 g/mol. The second kappa shape index (κ2) is 5.58. The van der Waals surface area contributed by atoms with Crippen LogP contribution in [0.4, 0.5) is 4.39 Å². The molecule has 1 aromatic rings. The van der Waals surface area contributed by atoms with Gasteiger partial charge in [0.2, 0.25) is 0 Å². The standard InChI is InChI=1S/C12H15BrFNO3S/c1-12(2,19(3,17)18)7-15-11(16)9-5-4-8(14)6-10(9)13/h4-6H,7H2,1-3H3,(H,15,16). The molecule has 1 rings (SSSR count). The first-order valence-electron chi connectivity index (χ1n) is 5.47. The minimum atomic E-state index is -3.28. The molecule has 0 saturated carbocycles. The van der Waals surface area contributed by atoms with E-state index < -0.39 is 26.3 Å². The van der Waals surface area contributed by atoms with E-state index in [0.29, 0.717) is 4.47 Å². The Bertz CT molecular complexity index is 599. The zero-order valence-corrected chi connectivity index (χ0v) is 13.2. The second-order valence-corrected chi connectivity index (χ2v) is 8.34. The minimum absolute atomic E-state index is 0.0194. The number of carbonyl (C=O) groups is 1. The Morgan fingerprint density at radius 2 is 2.00 bits per heavy atom. The molecule has 0 unspecified atom stereocenters. The third-order valence-electron chi connectivity index (χ3n) is 2.85. The first-order valence-corrected chi connectivity index (χ1v) is 8.16. The Kier molecular flexibility index (Phi) is 4.73. The largest absolute Gasteiger partial charge is 0.350 e. The molecule has 0 saturated heterocycles. The van der Waals surface area contributed by atoms with Crippen molar-refractivity contribution in [1.29, 1.82) is 0 Å². The van der Waals surface area contributed by atoms with Crippen molar-refractivity contribution in [3.63, 3.8) is 0 Å². The summed E-state index contributed by atoms with van der Waals surface area (Å²) in [5.74, 6) is -0.913. The number of halogens is 2. The molecule has 106 valence electrons. The van der Waals surface area contributed by atoms with Crippen LogP contribution in [0.5, 0.6) is 0 Å². The molecule has 0 aliphatic heterocycles. The molecule has 0 spiro atoms. The lowest BCUT2D eigenvalue weighted by Crippen LogP contribution is -2.43. The normalized spacial score (nSPS) is 12.3. The summed E-state index contributed by atoms with van der Waals surface area (Å²) in [5, 5.41) is 2.54. The lowest BCUT2D eigenvalue weighted by atomic mass is 10.1. The number of amides is 1. The van der Waals surface area contributed by atoms with Crippen LogP contribution < -0.4 is 5.32 Å². The van der Waals surface area contributed by atoms with E-state index in [1.807, 2.05) is 0 Å². The number of sulfone groups is 1. The third-order valence-corrected chi connectivity index (χ3v) is 5.66. The second-order valence-electron chi connectivity index (χ2n) is 4.84. The summed E-state index contributed by atoms with van der Waals surface area (Å²) in [5.41, 5.74) is 0.255. The summed E-state index contributed by atoms with van der Waals surface area (Å²) in [6.07, 6.45) is 1.12. The average Bonchev–Trinajstić information content (AvgIpc) is 2.24. The number of hydrogen-bond acceptors (Lipinski definition) is 3. The molecule has 1 amide bonds. The van der Waals surface area contributed by atoms with Gasteiger partial charge in [-0.2, -0.15) is 0 Å². The van der Waals surface area contributed by atoms with Gasteiger partial charge in [-0.25, -0.2) is 12.8 Å². The number of carbonyl (C=O) groups excluding carboxylic acids is 1. The molecule has 19 heavy (non-hydrogen) atoms. The highest BCUT2D eigenvalue weighted by Gasteiger charge is 2.30. The maximum atomic E-state index is 12.9. The zero-order valence-electron chi connectivity index (χ0n) is 10.8. The molecule has 0 radical (unpaired) electrons. The maximum absolute atomic E-state index is 12.9. The van der Waals surface area contributed by atoms with Crippen LogP contribution in [0.2, 0.25) is 0 Å². The van der Waals surface area contributed by atoms with Gasteiger partial charge in [-0.15, -0.1) is 0 Å². The Morgan fingerprint density at radius 1 is 1.42 bits per heavy atom. The molecule has 0 fully saturated rings. The molecule has 0 heterocycles. The van der Waals surface area contributed by atoms with E-state index in [1.54, 1.807) is 0 Å². The van der Waals surface area contributed by atoms with Crippen LogP contribution in [-0.4, -0.2) is 31.9 Å². The number of hydrogen-bond donors (Lipinski definition) is 1. The van der Waals surface area contributed by atoms with Crippen LogP contribution in [0.3, 0.4) is 0 Å². The van der Waals surface area contributed by atoms with Gasteiger partial charge in [-0.1, -0.05) is 0 Å². The Morgan fingerprint density at radius 3 is 2.47 bits per heavy atom. The fourth-order valence-corrected chi connectivity index (χ4v) is 2.06. The van der Waals surface area contributed by atoms with Crippen molar-refractivity contribution in [2.75, 3.05) is 12.8 Å². The van der Waals surface area contributed by atoms with Gasteiger partial charge in [-0.3, -0.25) is 4.79 Å². The minimum Gasteiger partial charge on any atom is -0.350 e. The molecule has 7 heteroatoms. The first kappa shape index (κ1) is 16.1. The van der Waals surface area contributed by atoms with Crippen LogP contribution in [0.1, 0.15) is 24.2 Å². The van der Waals surface area contributed by atoms with Gasteiger partial charge in [-0.05, 0) is 48.0 Å². The highest BCUT2D eigenvalue weighted by molar-refractivity contribution is 9.10. The summed E-state index contributed by atoms with van der Waals surface area (Å²) in [6.45, 7) is 3.04. The number of nitrogens with one attached hydrogen (secondary N) is 1. The van der Waals surface area contributed by atoms with Crippen LogP contribution in [0.15, 0.2) is 22.7 Å². The van der Waals surface area contributed by atoms with E-state index in [4.69, 9.17) is 0 Å². The van der Waals surface area contributed by atoms with E-state index in [-0.39, 0.29) is 12.1 Å². The fourth-order valence-electron chi connectivity index (χ4n) is 1.19. The third kappa shape index (κ3) is 4.01. The highest BCUT2D eigenvalue weighted by Crippen LogP contribution is 2.19. The van der Waals surface area contributed by atoms with Gasteiger partial charge < -0.3 is 5.32 Å². The van der Waals surface area contributed by atoms with E-state index in [2.05, 4.69) is 21.2 Å². The van der Waals surface area contributed by atoms with Crippen LogP contribution in [-0.2, 0) is 9.84 Å². The smallest absolute Gasteiger partial charge is 0.252 e. The predicted molar refractivity (Wildman–Crippen MR) is 75.4 cm³/mol. The molecule has 0 bridgehead atoms. The summed E-state index contributed by atoms with van der Waals surface area (Å²) in [7, 11) is -3.28. The topological polar surface area (TPSA) is 63.2 Å². The maximum Gasteiger partial charge on any atom is 0.252 e. The van der Waals surface area contributed by atoms with Crippen molar-refractivity contribution in [1.82, 2.24) is 5.32 Å².